The highest BCUT2D eigenvalue weighted by molar-refractivity contribution is 7.92. The summed E-state index contributed by atoms with van der Waals surface area (Å²) < 4.78 is 52.7. The van der Waals surface area contributed by atoms with Crippen LogP contribution in [0.1, 0.15) is 19.3 Å². The van der Waals surface area contributed by atoms with E-state index in [4.69, 9.17) is 9.47 Å². The van der Waals surface area contributed by atoms with Crippen LogP contribution in [0, 0.1) is 5.82 Å². The van der Waals surface area contributed by atoms with Crippen LogP contribution in [0.3, 0.4) is 0 Å². The van der Waals surface area contributed by atoms with Gasteiger partial charge in [-0.25, -0.2) is 12.8 Å². The standard InChI is InChI=1S/C21H25FN2O5S/c1-28-19-11-10-16(14-20(19)29-2)30(26,27)24(18-9-5-4-8-17(18)22)15-21(25)23-12-6-3-7-13-23/h4-5,8-11,14H,3,6-7,12-13,15H2,1-2H3. The number of hydrogen-bond donors (Lipinski definition) is 0. The molecule has 162 valence electrons. The number of nitrogens with zero attached hydrogens (tertiary/aromatic N) is 2. The maximum Gasteiger partial charge on any atom is 0.265 e. The van der Waals surface area contributed by atoms with Crippen molar-refractivity contribution >= 4 is 21.6 Å². The number of benzene rings is 2. The number of halogens is 1. The van der Waals surface area contributed by atoms with Crippen LogP contribution < -0.4 is 13.8 Å². The quantitative estimate of drug-likeness (QED) is 0.667. The minimum Gasteiger partial charge on any atom is -0.493 e. The van der Waals surface area contributed by atoms with Gasteiger partial charge in [0.15, 0.2) is 11.5 Å². The number of para-hydroxylation sites is 1. The van der Waals surface area contributed by atoms with Gasteiger partial charge in [0, 0.05) is 19.2 Å². The van der Waals surface area contributed by atoms with E-state index in [9.17, 15) is 17.6 Å². The van der Waals surface area contributed by atoms with Gasteiger partial charge < -0.3 is 14.4 Å². The average molecular weight is 437 g/mol. The molecule has 0 saturated carbocycles. The molecule has 2 aromatic rings. The van der Waals surface area contributed by atoms with E-state index in [1.807, 2.05) is 0 Å². The molecule has 0 radical (unpaired) electrons. The Bertz CT molecular complexity index is 1010. The molecule has 7 nitrogen and oxygen atoms in total. The monoisotopic (exact) mass is 436 g/mol. The molecular formula is C21H25FN2O5S. The van der Waals surface area contributed by atoms with E-state index in [0.29, 0.717) is 18.8 Å². The second-order valence-electron chi connectivity index (χ2n) is 6.92. The molecule has 9 heteroatoms. The summed E-state index contributed by atoms with van der Waals surface area (Å²) in [6.07, 6.45) is 2.77. The lowest BCUT2D eigenvalue weighted by Gasteiger charge is -2.30. The SMILES string of the molecule is COc1ccc(S(=O)(=O)N(CC(=O)N2CCCCC2)c2ccccc2F)cc1OC. The second-order valence-corrected chi connectivity index (χ2v) is 8.78. The van der Waals surface area contributed by atoms with Gasteiger partial charge in [-0.1, -0.05) is 12.1 Å². The number of carbonyl (C=O) groups is 1. The molecule has 0 atom stereocenters. The van der Waals surface area contributed by atoms with Crippen molar-refractivity contribution in [3.63, 3.8) is 0 Å². The number of likely N-dealkylation sites (tertiary alicyclic amines) is 1. The van der Waals surface area contributed by atoms with Gasteiger partial charge in [-0.3, -0.25) is 9.10 Å². The average Bonchev–Trinajstić information content (AvgIpc) is 2.77. The Morgan fingerprint density at radius 3 is 2.33 bits per heavy atom. The Kier molecular flexibility index (Phi) is 6.81. The maximum absolute atomic E-state index is 14.6. The van der Waals surface area contributed by atoms with Crippen molar-refractivity contribution in [3.8, 4) is 11.5 Å². The highest BCUT2D eigenvalue weighted by atomic mass is 32.2. The number of rotatable bonds is 7. The fourth-order valence-corrected chi connectivity index (χ4v) is 4.86. The number of ether oxygens (including phenoxy) is 2. The van der Waals surface area contributed by atoms with Gasteiger partial charge in [-0.05, 0) is 43.5 Å². The molecule has 30 heavy (non-hydrogen) atoms. The van der Waals surface area contributed by atoms with E-state index < -0.39 is 22.4 Å². The number of amides is 1. The normalized spacial score (nSPS) is 14.3. The first-order valence-electron chi connectivity index (χ1n) is 9.65. The smallest absolute Gasteiger partial charge is 0.265 e. The minimum atomic E-state index is -4.26. The fourth-order valence-electron chi connectivity index (χ4n) is 3.42. The molecule has 0 bridgehead atoms. The van der Waals surface area contributed by atoms with Crippen molar-refractivity contribution in [2.75, 3.05) is 38.2 Å². The zero-order chi connectivity index (χ0) is 21.7. The van der Waals surface area contributed by atoms with Crippen molar-refractivity contribution in [1.29, 1.82) is 0 Å². The van der Waals surface area contributed by atoms with Crippen molar-refractivity contribution in [3.05, 3.63) is 48.3 Å². The Balaban J connectivity index is 2.02. The van der Waals surface area contributed by atoms with Gasteiger partial charge >= 0.3 is 0 Å². The summed E-state index contributed by atoms with van der Waals surface area (Å²) in [5.74, 6) is -0.511. The molecule has 0 aliphatic carbocycles. The van der Waals surface area contributed by atoms with E-state index >= 15 is 0 Å². The summed E-state index contributed by atoms with van der Waals surface area (Å²) in [5.41, 5.74) is -0.183. The molecule has 1 fully saturated rings. The molecule has 1 saturated heterocycles. The maximum atomic E-state index is 14.6. The third-order valence-electron chi connectivity index (χ3n) is 5.05. The van der Waals surface area contributed by atoms with Crippen molar-refractivity contribution < 1.29 is 27.1 Å². The van der Waals surface area contributed by atoms with Crippen LogP contribution in [0.4, 0.5) is 10.1 Å². The highest BCUT2D eigenvalue weighted by Gasteiger charge is 2.31. The molecule has 0 N–H and O–H groups in total. The molecule has 2 aromatic carbocycles. The summed E-state index contributed by atoms with van der Waals surface area (Å²) in [6.45, 7) is 0.651. The number of piperidine rings is 1. The summed E-state index contributed by atoms with van der Waals surface area (Å²) in [4.78, 5) is 14.3. The largest absolute Gasteiger partial charge is 0.493 e. The first-order valence-corrected chi connectivity index (χ1v) is 11.1. The predicted octanol–water partition coefficient (Wildman–Crippen LogP) is 3.05. The topological polar surface area (TPSA) is 76.2 Å². The molecule has 1 heterocycles. The zero-order valence-corrected chi connectivity index (χ0v) is 17.8. The lowest BCUT2D eigenvalue weighted by molar-refractivity contribution is -0.130. The molecule has 1 aliphatic rings. The Labute approximate surface area is 176 Å². The summed E-state index contributed by atoms with van der Waals surface area (Å²) in [7, 11) is -1.43. The van der Waals surface area contributed by atoms with E-state index in [-0.39, 0.29) is 22.2 Å². The lowest BCUT2D eigenvalue weighted by atomic mass is 10.1. The first-order chi connectivity index (χ1) is 14.4. The first kappa shape index (κ1) is 21.9. The van der Waals surface area contributed by atoms with Crippen molar-refractivity contribution in [2.45, 2.75) is 24.2 Å². The molecule has 3 rings (SSSR count). The van der Waals surface area contributed by atoms with Crippen LogP contribution in [0.5, 0.6) is 11.5 Å². The number of carbonyl (C=O) groups excluding carboxylic acids is 1. The summed E-state index contributed by atoms with van der Waals surface area (Å²) in [5, 5.41) is 0. The molecule has 1 amide bonds. The molecule has 0 aromatic heterocycles. The highest BCUT2D eigenvalue weighted by Crippen LogP contribution is 2.33. The predicted molar refractivity (Wildman–Crippen MR) is 111 cm³/mol. The van der Waals surface area contributed by atoms with Crippen molar-refractivity contribution in [1.82, 2.24) is 4.90 Å². The number of anilines is 1. The van der Waals surface area contributed by atoms with Gasteiger partial charge in [0.05, 0.1) is 24.8 Å². The number of hydrogen-bond acceptors (Lipinski definition) is 5. The fraction of sp³-hybridized carbons (Fsp3) is 0.381. The Morgan fingerprint density at radius 1 is 1.03 bits per heavy atom. The third-order valence-corrected chi connectivity index (χ3v) is 6.81. The lowest BCUT2D eigenvalue weighted by Crippen LogP contribution is -2.45. The minimum absolute atomic E-state index is 0.130. The van der Waals surface area contributed by atoms with Crippen LogP contribution in [0.2, 0.25) is 0 Å². The molecule has 1 aliphatic heterocycles. The van der Waals surface area contributed by atoms with Gasteiger partial charge in [0.2, 0.25) is 5.91 Å². The second kappa shape index (κ2) is 9.34. The van der Waals surface area contributed by atoms with Crippen LogP contribution in [0.15, 0.2) is 47.4 Å². The number of sulfonamides is 1. The van der Waals surface area contributed by atoms with Crippen LogP contribution in [-0.2, 0) is 14.8 Å². The van der Waals surface area contributed by atoms with Crippen LogP contribution in [-0.4, -0.2) is 53.1 Å². The molecule has 0 unspecified atom stereocenters. The molecular weight excluding hydrogens is 411 g/mol. The van der Waals surface area contributed by atoms with Crippen molar-refractivity contribution in [2.24, 2.45) is 0 Å². The van der Waals surface area contributed by atoms with Crippen LogP contribution >= 0.6 is 0 Å². The van der Waals surface area contributed by atoms with Gasteiger partial charge in [-0.15, -0.1) is 0 Å². The third kappa shape index (κ3) is 4.51. The van der Waals surface area contributed by atoms with E-state index in [1.54, 1.807) is 4.90 Å². The zero-order valence-electron chi connectivity index (χ0n) is 17.0. The number of methoxy groups -OCH3 is 2. The van der Waals surface area contributed by atoms with E-state index in [0.717, 1.165) is 29.6 Å². The van der Waals surface area contributed by atoms with Gasteiger partial charge in [-0.2, -0.15) is 0 Å². The van der Waals surface area contributed by atoms with Crippen LogP contribution in [0.25, 0.3) is 0 Å². The van der Waals surface area contributed by atoms with E-state index in [2.05, 4.69) is 0 Å². The Hall–Kier alpha value is -2.81. The molecule has 0 spiro atoms. The summed E-state index contributed by atoms with van der Waals surface area (Å²) >= 11 is 0. The van der Waals surface area contributed by atoms with Gasteiger partial charge in [0.1, 0.15) is 12.4 Å². The summed E-state index contributed by atoms with van der Waals surface area (Å²) in [6, 6.07) is 9.60. The van der Waals surface area contributed by atoms with Gasteiger partial charge in [0.25, 0.3) is 10.0 Å². The Morgan fingerprint density at radius 2 is 1.70 bits per heavy atom. The van der Waals surface area contributed by atoms with E-state index in [1.165, 1.54) is 50.6 Å².